The van der Waals surface area contributed by atoms with E-state index in [0.29, 0.717) is 6.42 Å². The molecule has 0 aromatic rings. The summed E-state index contributed by atoms with van der Waals surface area (Å²) in [6.45, 7) is 0. The number of fused-ring (bicyclic) bond motifs is 2. The lowest BCUT2D eigenvalue weighted by molar-refractivity contribution is -0.312. The summed E-state index contributed by atoms with van der Waals surface area (Å²) in [6.07, 6.45) is 2.90. The van der Waals surface area contributed by atoms with Gasteiger partial charge in [-0.1, -0.05) is 0 Å². The lowest BCUT2D eigenvalue weighted by Crippen LogP contribution is -2.33. The van der Waals surface area contributed by atoms with Crippen LogP contribution in [-0.4, -0.2) is 17.2 Å². The summed E-state index contributed by atoms with van der Waals surface area (Å²) in [7, 11) is 0. The molecule has 2 saturated carbocycles. The SMILES string of the molecule is O=C([O-])[C@@H]1C[C@@H]2C[C@H]1CC[C@@H]2O. The molecule has 2 rings (SSSR count). The number of aliphatic hydroxyl groups excluding tert-OH is 1. The maximum absolute atomic E-state index is 10.7. The van der Waals surface area contributed by atoms with Crippen LogP contribution in [0.1, 0.15) is 25.7 Å². The molecule has 0 radical (unpaired) electrons. The summed E-state index contributed by atoms with van der Waals surface area (Å²) in [6, 6.07) is 0. The van der Waals surface area contributed by atoms with E-state index in [1.54, 1.807) is 0 Å². The summed E-state index contributed by atoms with van der Waals surface area (Å²) in [5, 5.41) is 20.1. The molecular formula is C9H13O3-. The van der Waals surface area contributed by atoms with E-state index in [-0.39, 0.29) is 23.9 Å². The Morgan fingerprint density at radius 2 is 2.00 bits per heavy atom. The Kier molecular flexibility index (Phi) is 1.83. The number of aliphatic hydroxyl groups is 1. The maximum Gasteiger partial charge on any atom is 0.0568 e. The Bertz CT molecular complexity index is 202. The van der Waals surface area contributed by atoms with Gasteiger partial charge in [0.1, 0.15) is 0 Å². The van der Waals surface area contributed by atoms with Crippen LogP contribution in [0.2, 0.25) is 0 Å². The van der Waals surface area contributed by atoms with E-state index < -0.39 is 5.97 Å². The molecule has 2 aliphatic carbocycles. The summed E-state index contributed by atoms with van der Waals surface area (Å²) >= 11 is 0. The van der Waals surface area contributed by atoms with Crippen molar-refractivity contribution in [2.45, 2.75) is 31.8 Å². The van der Waals surface area contributed by atoms with E-state index >= 15 is 0 Å². The van der Waals surface area contributed by atoms with Crippen LogP contribution in [0.3, 0.4) is 0 Å². The van der Waals surface area contributed by atoms with Gasteiger partial charge in [0, 0.05) is 11.9 Å². The number of hydrogen-bond donors (Lipinski definition) is 1. The molecule has 0 heterocycles. The first kappa shape index (κ1) is 8.05. The highest BCUT2D eigenvalue weighted by Crippen LogP contribution is 2.45. The highest BCUT2D eigenvalue weighted by atomic mass is 16.4. The van der Waals surface area contributed by atoms with Gasteiger partial charge in [-0.25, -0.2) is 0 Å². The second kappa shape index (κ2) is 2.73. The summed E-state index contributed by atoms with van der Waals surface area (Å²) in [5.74, 6) is -0.696. The van der Waals surface area contributed by atoms with Crippen LogP contribution in [0.25, 0.3) is 0 Å². The molecule has 12 heavy (non-hydrogen) atoms. The fraction of sp³-hybridized carbons (Fsp3) is 0.889. The average Bonchev–Trinajstić information content (AvgIpc) is 2.37. The van der Waals surface area contributed by atoms with Gasteiger partial charge in [0.15, 0.2) is 0 Å². The quantitative estimate of drug-likeness (QED) is 0.577. The zero-order chi connectivity index (χ0) is 8.72. The van der Waals surface area contributed by atoms with Gasteiger partial charge < -0.3 is 15.0 Å². The minimum absolute atomic E-state index is 0.228. The molecule has 2 bridgehead atoms. The standard InChI is InChI=1S/C9H14O3/c10-8-2-1-5-3-6(8)4-7(5)9(11)12/h5-8,10H,1-4H2,(H,11,12)/p-1/t5-,6+,7-,8+/m1/s1. The van der Waals surface area contributed by atoms with Gasteiger partial charge in [-0.05, 0) is 37.5 Å². The van der Waals surface area contributed by atoms with Gasteiger partial charge in [0.2, 0.25) is 0 Å². The second-order valence-electron chi connectivity index (χ2n) is 4.06. The van der Waals surface area contributed by atoms with Crippen molar-refractivity contribution >= 4 is 5.97 Å². The number of hydrogen-bond acceptors (Lipinski definition) is 3. The second-order valence-corrected chi connectivity index (χ2v) is 4.06. The van der Waals surface area contributed by atoms with E-state index in [0.717, 1.165) is 19.3 Å². The van der Waals surface area contributed by atoms with Gasteiger partial charge in [0.05, 0.1) is 6.10 Å². The smallest absolute Gasteiger partial charge is 0.0568 e. The number of aliphatic carboxylic acids is 1. The van der Waals surface area contributed by atoms with Gasteiger partial charge in [-0.2, -0.15) is 0 Å². The van der Waals surface area contributed by atoms with Crippen molar-refractivity contribution in [1.29, 1.82) is 0 Å². The largest absolute Gasteiger partial charge is 0.550 e. The number of carbonyl (C=O) groups is 1. The van der Waals surface area contributed by atoms with Crippen molar-refractivity contribution in [3.05, 3.63) is 0 Å². The zero-order valence-corrected chi connectivity index (χ0v) is 6.90. The van der Waals surface area contributed by atoms with Crippen molar-refractivity contribution < 1.29 is 15.0 Å². The van der Waals surface area contributed by atoms with Crippen molar-refractivity contribution in [3.63, 3.8) is 0 Å². The van der Waals surface area contributed by atoms with E-state index in [1.165, 1.54) is 0 Å². The molecule has 0 unspecified atom stereocenters. The Balaban J connectivity index is 2.10. The Labute approximate surface area is 71.4 Å². The molecule has 1 N–H and O–H groups in total. The number of carbonyl (C=O) groups excluding carboxylic acids is 1. The van der Waals surface area contributed by atoms with Crippen LogP contribution in [0.15, 0.2) is 0 Å². The number of carboxylic acids is 1. The van der Waals surface area contributed by atoms with Crippen LogP contribution in [0, 0.1) is 17.8 Å². The Morgan fingerprint density at radius 1 is 1.25 bits per heavy atom. The van der Waals surface area contributed by atoms with Crippen LogP contribution >= 0.6 is 0 Å². The molecule has 3 nitrogen and oxygen atoms in total. The molecule has 2 fully saturated rings. The molecule has 0 spiro atoms. The predicted octanol–water partition coefficient (Wildman–Crippen LogP) is -0.467. The molecule has 3 heteroatoms. The first-order chi connectivity index (χ1) is 5.68. The fourth-order valence-corrected chi connectivity index (χ4v) is 2.71. The lowest BCUT2D eigenvalue weighted by Gasteiger charge is -2.25. The topological polar surface area (TPSA) is 60.4 Å². The third kappa shape index (κ3) is 1.12. The highest BCUT2D eigenvalue weighted by Gasteiger charge is 2.41. The fourth-order valence-electron chi connectivity index (χ4n) is 2.71. The monoisotopic (exact) mass is 169 g/mol. The van der Waals surface area contributed by atoms with Crippen molar-refractivity contribution in [2.75, 3.05) is 0 Å². The Hall–Kier alpha value is -0.570. The third-order valence-electron chi connectivity index (χ3n) is 3.41. The maximum atomic E-state index is 10.7. The van der Waals surface area contributed by atoms with E-state index in [9.17, 15) is 15.0 Å². The van der Waals surface area contributed by atoms with E-state index in [1.807, 2.05) is 0 Å². The van der Waals surface area contributed by atoms with Crippen molar-refractivity contribution in [3.8, 4) is 0 Å². The van der Waals surface area contributed by atoms with Crippen molar-refractivity contribution in [2.24, 2.45) is 17.8 Å². The molecule has 0 aromatic heterocycles. The number of carboxylic acid groups (broad SMARTS) is 1. The molecule has 0 amide bonds. The first-order valence-electron chi connectivity index (χ1n) is 4.57. The van der Waals surface area contributed by atoms with Gasteiger partial charge in [0.25, 0.3) is 0 Å². The summed E-state index contributed by atoms with van der Waals surface area (Å²) in [4.78, 5) is 10.7. The molecule has 4 atom stereocenters. The molecule has 0 aromatic carbocycles. The van der Waals surface area contributed by atoms with Crippen LogP contribution in [-0.2, 0) is 4.79 Å². The predicted molar refractivity (Wildman–Crippen MR) is 40.0 cm³/mol. The number of rotatable bonds is 1. The molecule has 2 aliphatic rings. The van der Waals surface area contributed by atoms with Crippen LogP contribution in [0.4, 0.5) is 0 Å². The molecule has 0 saturated heterocycles. The van der Waals surface area contributed by atoms with Crippen LogP contribution < -0.4 is 5.11 Å². The zero-order valence-electron chi connectivity index (χ0n) is 6.90. The Morgan fingerprint density at radius 3 is 2.58 bits per heavy atom. The molecule has 0 aliphatic heterocycles. The third-order valence-corrected chi connectivity index (χ3v) is 3.41. The first-order valence-corrected chi connectivity index (χ1v) is 4.57. The highest BCUT2D eigenvalue weighted by molar-refractivity contribution is 5.68. The van der Waals surface area contributed by atoms with E-state index in [4.69, 9.17) is 0 Å². The van der Waals surface area contributed by atoms with Gasteiger partial charge in [-0.15, -0.1) is 0 Å². The van der Waals surface area contributed by atoms with Crippen LogP contribution in [0.5, 0.6) is 0 Å². The normalized spacial score (nSPS) is 46.1. The van der Waals surface area contributed by atoms with Crippen molar-refractivity contribution in [1.82, 2.24) is 0 Å². The summed E-state index contributed by atoms with van der Waals surface area (Å²) < 4.78 is 0. The minimum atomic E-state index is -0.920. The minimum Gasteiger partial charge on any atom is -0.550 e. The van der Waals surface area contributed by atoms with Gasteiger partial charge in [-0.3, -0.25) is 0 Å². The van der Waals surface area contributed by atoms with Gasteiger partial charge >= 0.3 is 0 Å². The van der Waals surface area contributed by atoms with E-state index in [2.05, 4.69) is 0 Å². The summed E-state index contributed by atoms with van der Waals surface area (Å²) in [5.41, 5.74) is 0. The lowest BCUT2D eigenvalue weighted by atomic mass is 9.85. The molecule has 68 valence electrons. The molecular weight excluding hydrogens is 156 g/mol. The average molecular weight is 169 g/mol.